The zero-order chi connectivity index (χ0) is 35.5. The second kappa shape index (κ2) is 14.3. The third kappa shape index (κ3) is 7.28. The highest BCUT2D eigenvalue weighted by Crippen LogP contribution is 2.57. The third-order valence-electron chi connectivity index (χ3n) is 10.3. The first kappa shape index (κ1) is 35.2. The Hall–Kier alpha value is -4.64. The molecule has 50 heavy (non-hydrogen) atoms. The molecule has 0 spiro atoms. The fourth-order valence-electron chi connectivity index (χ4n) is 7.41. The van der Waals surface area contributed by atoms with E-state index in [0.29, 0.717) is 29.5 Å². The van der Waals surface area contributed by atoms with Crippen molar-refractivity contribution in [3.05, 3.63) is 125 Å². The quantitative estimate of drug-likeness (QED) is 0.0618. The molecule has 0 bridgehead atoms. The minimum atomic E-state index is -1.27. The number of carbonyl (C=O) groups is 3. The molecule has 10 nitrogen and oxygen atoms in total. The first-order valence-corrected chi connectivity index (χ1v) is 16.9. The molecule has 3 aliphatic rings. The number of carbonyl (C=O) groups excluding carboxylic acids is 3. The Morgan fingerprint density at radius 2 is 1.56 bits per heavy atom. The summed E-state index contributed by atoms with van der Waals surface area (Å²) >= 11 is 0. The molecular formula is C40H43NO9. The number of hydrogen-bond donors (Lipinski definition) is 1. The number of esters is 3. The highest BCUT2D eigenvalue weighted by molar-refractivity contribution is 5.90. The predicted octanol–water partition coefficient (Wildman–Crippen LogP) is 7.18. The van der Waals surface area contributed by atoms with Gasteiger partial charge < -0.3 is 18.9 Å². The lowest BCUT2D eigenvalue weighted by molar-refractivity contribution is -0.303. The van der Waals surface area contributed by atoms with E-state index in [4.69, 9.17) is 23.8 Å². The molecular weight excluding hydrogens is 638 g/mol. The molecule has 1 aliphatic heterocycles. The predicted molar refractivity (Wildman–Crippen MR) is 183 cm³/mol. The first-order valence-electron chi connectivity index (χ1n) is 16.9. The molecule has 0 amide bonds. The maximum Gasteiger partial charge on any atom is 0.339 e. The third-order valence-corrected chi connectivity index (χ3v) is 10.3. The van der Waals surface area contributed by atoms with Crippen LogP contribution in [0.4, 0.5) is 0 Å². The van der Waals surface area contributed by atoms with E-state index < -0.39 is 52.7 Å². The molecule has 2 aliphatic carbocycles. The van der Waals surface area contributed by atoms with Gasteiger partial charge in [-0.15, -0.1) is 0 Å². The second-order valence-electron chi connectivity index (χ2n) is 14.2. The molecule has 262 valence electrons. The molecule has 1 unspecified atom stereocenters. The van der Waals surface area contributed by atoms with Crippen LogP contribution in [0.1, 0.15) is 84.5 Å². The van der Waals surface area contributed by atoms with Crippen molar-refractivity contribution in [3.63, 3.8) is 0 Å². The lowest BCUT2D eigenvalue weighted by Gasteiger charge is -2.46. The monoisotopic (exact) mass is 681 g/mol. The standard InChI is InChI=1S/C40H43NO9/c1-26-17-18-32-39(4,49-32)23-31(47-37(44)29-16-11-21-41-24-29)34-30(38(2,3)50-45)19-20-40(34,25-46-35(42)27-12-7-5-8-13-27)33(22-26)48-36(43)28-14-9-6-10-15-28/h5-16,19,21-22,24,31-34,45H,17-18,20,23,25H2,1-4H3/b26-22+/t31?,32-,33+,34-,39+,40+/m1/s1. The second-order valence-corrected chi connectivity index (χ2v) is 14.2. The summed E-state index contributed by atoms with van der Waals surface area (Å²) in [6.45, 7) is 7.17. The summed E-state index contributed by atoms with van der Waals surface area (Å²) in [6, 6.07) is 20.6. The van der Waals surface area contributed by atoms with Gasteiger partial charge in [0.15, 0.2) is 0 Å². The normalized spacial score (nSPS) is 28.7. The number of fused-ring (bicyclic) bond motifs is 2. The van der Waals surface area contributed by atoms with E-state index in [1.807, 2.05) is 38.1 Å². The summed E-state index contributed by atoms with van der Waals surface area (Å²) in [7, 11) is 0. The Balaban J connectivity index is 1.51. The highest BCUT2D eigenvalue weighted by atomic mass is 17.1. The molecule has 1 aromatic heterocycles. The molecule has 6 rings (SSSR count). The first-order chi connectivity index (χ1) is 24.0. The number of epoxide rings is 1. The van der Waals surface area contributed by atoms with Gasteiger partial charge in [-0.2, -0.15) is 0 Å². The van der Waals surface area contributed by atoms with E-state index in [-0.39, 0.29) is 31.1 Å². The Morgan fingerprint density at radius 3 is 2.20 bits per heavy atom. The topological polar surface area (TPSA) is 134 Å². The van der Waals surface area contributed by atoms with Gasteiger partial charge in [0.1, 0.15) is 24.4 Å². The van der Waals surface area contributed by atoms with Gasteiger partial charge in [0.05, 0.1) is 33.8 Å². The van der Waals surface area contributed by atoms with E-state index in [0.717, 1.165) is 5.57 Å². The molecule has 1 saturated heterocycles. The van der Waals surface area contributed by atoms with E-state index >= 15 is 0 Å². The SMILES string of the molecule is C/C1=C\[C@H](OC(=O)c2ccccc2)[C@@]2(COC(=O)c3ccccc3)CC=C(C(C)(C)OO)[C@@H]2C(OC(=O)c2cccnc2)C[C@]2(C)O[C@@H]2CC1. The summed E-state index contributed by atoms with van der Waals surface area (Å²) in [4.78, 5) is 50.5. The molecule has 2 aromatic carbocycles. The van der Waals surface area contributed by atoms with Gasteiger partial charge >= 0.3 is 17.9 Å². The van der Waals surface area contributed by atoms with Crippen LogP contribution in [-0.2, 0) is 23.8 Å². The number of rotatable bonds is 9. The van der Waals surface area contributed by atoms with Crippen molar-refractivity contribution in [2.75, 3.05) is 6.61 Å². The minimum Gasteiger partial charge on any atom is -0.461 e. The molecule has 2 heterocycles. The van der Waals surface area contributed by atoms with Crippen molar-refractivity contribution in [2.24, 2.45) is 11.3 Å². The van der Waals surface area contributed by atoms with Crippen LogP contribution in [0.2, 0.25) is 0 Å². The Labute approximate surface area is 292 Å². The average Bonchev–Trinajstić information content (AvgIpc) is 3.60. The maximum absolute atomic E-state index is 13.9. The van der Waals surface area contributed by atoms with Crippen LogP contribution >= 0.6 is 0 Å². The number of pyridine rings is 1. The van der Waals surface area contributed by atoms with E-state index in [1.54, 1.807) is 80.7 Å². The molecule has 0 saturated carbocycles. The lowest BCUT2D eigenvalue weighted by Crippen LogP contribution is -2.53. The van der Waals surface area contributed by atoms with Gasteiger partial charge in [0, 0.05) is 24.7 Å². The van der Waals surface area contributed by atoms with Crippen LogP contribution in [-0.4, -0.2) is 64.3 Å². The van der Waals surface area contributed by atoms with Crippen molar-refractivity contribution >= 4 is 17.9 Å². The van der Waals surface area contributed by atoms with Gasteiger partial charge in [-0.25, -0.2) is 19.3 Å². The molecule has 10 heteroatoms. The Bertz CT molecular complexity index is 1760. The highest BCUT2D eigenvalue weighted by Gasteiger charge is 2.62. The molecule has 6 atom stereocenters. The van der Waals surface area contributed by atoms with Crippen molar-refractivity contribution in [2.45, 2.75) is 82.9 Å². The number of nitrogens with zero attached hydrogens (tertiary/aromatic N) is 1. The van der Waals surface area contributed by atoms with Gasteiger partial charge in [-0.05, 0) is 95.0 Å². The van der Waals surface area contributed by atoms with Crippen LogP contribution in [0.25, 0.3) is 0 Å². The molecule has 3 aromatic rings. The zero-order valence-corrected chi connectivity index (χ0v) is 28.7. The van der Waals surface area contributed by atoms with Crippen LogP contribution in [0, 0.1) is 11.3 Å². The molecule has 1 N–H and O–H groups in total. The van der Waals surface area contributed by atoms with E-state index in [2.05, 4.69) is 4.98 Å². The minimum absolute atomic E-state index is 0.102. The van der Waals surface area contributed by atoms with Crippen LogP contribution in [0.5, 0.6) is 0 Å². The largest absolute Gasteiger partial charge is 0.461 e. The maximum atomic E-state index is 13.9. The summed E-state index contributed by atoms with van der Waals surface area (Å²) in [5.74, 6) is -2.51. The van der Waals surface area contributed by atoms with E-state index in [9.17, 15) is 19.6 Å². The van der Waals surface area contributed by atoms with Gasteiger partial charge in [-0.1, -0.05) is 48.0 Å². The van der Waals surface area contributed by atoms with E-state index in [1.165, 1.54) is 6.20 Å². The fourth-order valence-corrected chi connectivity index (χ4v) is 7.41. The smallest absolute Gasteiger partial charge is 0.339 e. The van der Waals surface area contributed by atoms with Gasteiger partial charge in [0.25, 0.3) is 0 Å². The van der Waals surface area contributed by atoms with Gasteiger partial charge in [-0.3, -0.25) is 10.2 Å². The molecule has 1 fully saturated rings. The Morgan fingerprint density at radius 1 is 0.920 bits per heavy atom. The number of allylic oxidation sites excluding steroid dienone is 2. The summed E-state index contributed by atoms with van der Waals surface area (Å²) in [5, 5.41) is 10.3. The number of hydrogen-bond acceptors (Lipinski definition) is 10. The molecule has 0 radical (unpaired) electrons. The summed E-state index contributed by atoms with van der Waals surface area (Å²) < 4.78 is 25.3. The van der Waals surface area contributed by atoms with Crippen LogP contribution in [0.3, 0.4) is 0 Å². The summed E-state index contributed by atoms with van der Waals surface area (Å²) in [6.07, 6.45) is 6.74. The zero-order valence-electron chi connectivity index (χ0n) is 28.7. The fraction of sp³-hybridized carbons (Fsp3) is 0.400. The number of benzene rings is 2. The number of aromatic nitrogens is 1. The van der Waals surface area contributed by atoms with Crippen LogP contribution < -0.4 is 0 Å². The van der Waals surface area contributed by atoms with Crippen molar-refractivity contribution in [3.8, 4) is 0 Å². The van der Waals surface area contributed by atoms with Crippen molar-refractivity contribution in [1.29, 1.82) is 0 Å². The van der Waals surface area contributed by atoms with Crippen LogP contribution in [0.15, 0.2) is 108 Å². The van der Waals surface area contributed by atoms with Crippen molar-refractivity contribution < 1.29 is 43.5 Å². The lowest BCUT2D eigenvalue weighted by atomic mass is 9.65. The van der Waals surface area contributed by atoms with Crippen molar-refractivity contribution in [1.82, 2.24) is 4.98 Å². The number of ether oxygens (including phenoxy) is 4. The van der Waals surface area contributed by atoms with Gasteiger partial charge in [0.2, 0.25) is 0 Å². The Kier molecular flexibility index (Phi) is 10.1. The average molecular weight is 682 g/mol. The summed E-state index contributed by atoms with van der Waals surface area (Å²) in [5.41, 5.74) is -0.597.